The second-order valence-electron chi connectivity index (χ2n) is 8.64. The number of likely N-dealkylation sites (tertiary alicyclic amines) is 1. The molecule has 1 N–H and O–H groups in total. The highest BCUT2D eigenvalue weighted by atomic mass is 79.9. The summed E-state index contributed by atoms with van der Waals surface area (Å²) >= 11 is 3.33. The van der Waals surface area contributed by atoms with Crippen molar-refractivity contribution >= 4 is 33.5 Å². The molecule has 32 heavy (non-hydrogen) atoms. The number of benzene rings is 1. The predicted molar refractivity (Wildman–Crippen MR) is 123 cm³/mol. The van der Waals surface area contributed by atoms with Crippen LogP contribution in [0.15, 0.2) is 28.9 Å². The van der Waals surface area contributed by atoms with Gasteiger partial charge in [0.2, 0.25) is 5.82 Å². The highest BCUT2D eigenvalue weighted by molar-refractivity contribution is 9.10. The zero-order chi connectivity index (χ0) is 23.5. The van der Waals surface area contributed by atoms with Crippen molar-refractivity contribution in [2.75, 3.05) is 25.5 Å². The van der Waals surface area contributed by atoms with Crippen LogP contribution in [0.2, 0.25) is 0 Å². The molecule has 1 saturated heterocycles. The quantitative estimate of drug-likeness (QED) is 0.452. The predicted octanol–water partition coefficient (Wildman–Crippen LogP) is 4.42. The molecule has 10 nitrogen and oxygen atoms in total. The van der Waals surface area contributed by atoms with Crippen molar-refractivity contribution in [2.24, 2.45) is 0 Å². The van der Waals surface area contributed by atoms with E-state index in [0.29, 0.717) is 37.1 Å². The molecule has 0 unspecified atom stereocenters. The van der Waals surface area contributed by atoms with Gasteiger partial charge in [-0.3, -0.25) is 10.1 Å². The zero-order valence-corrected chi connectivity index (χ0v) is 20.2. The van der Waals surface area contributed by atoms with Crippen LogP contribution in [0.5, 0.6) is 5.75 Å². The average molecular weight is 510 g/mol. The Morgan fingerprint density at radius 3 is 2.44 bits per heavy atom. The van der Waals surface area contributed by atoms with Gasteiger partial charge in [-0.05, 0) is 67.2 Å². The van der Waals surface area contributed by atoms with Crippen LogP contribution in [-0.4, -0.2) is 57.5 Å². The number of halogens is 1. The topological polar surface area (TPSA) is 112 Å². The van der Waals surface area contributed by atoms with Crippen LogP contribution >= 0.6 is 15.9 Å². The molecule has 0 bridgehead atoms. The minimum atomic E-state index is -0.546. The molecule has 0 radical (unpaired) electrons. The van der Waals surface area contributed by atoms with Gasteiger partial charge >= 0.3 is 11.8 Å². The molecule has 3 rings (SSSR count). The maximum atomic E-state index is 12.2. The number of hydrogen-bond acceptors (Lipinski definition) is 7. The van der Waals surface area contributed by atoms with E-state index in [-0.39, 0.29) is 23.6 Å². The number of anilines is 1. The van der Waals surface area contributed by atoms with Gasteiger partial charge in [0, 0.05) is 19.1 Å². The van der Waals surface area contributed by atoms with Crippen LogP contribution < -0.4 is 10.1 Å². The van der Waals surface area contributed by atoms with Gasteiger partial charge in [-0.15, -0.1) is 5.10 Å². The highest BCUT2D eigenvalue weighted by Gasteiger charge is 2.31. The van der Waals surface area contributed by atoms with Crippen LogP contribution in [0.1, 0.15) is 39.2 Å². The lowest BCUT2D eigenvalue weighted by Crippen LogP contribution is -2.44. The summed E-state index contributed by atoms with van der Waals surface area (Å²) < 4.78 is 12.4. The van der Waals surface area contributed by atoms with Gasteiger partial charge in [-0.25, -0.2) is 9.48 Å². The number of nitrogens with zero attached hydrogens (tertiary/aromatic N) is 4. The van der Waals surface area contributed by atoms with Crippen molar-refractivity contribution in [3.8, 4) is 5.75 Å². The fourth-order valence-electron chi connectivity index (χ4n) is 3.43. The van der Waals surface area contributed by atoms with Crippen LogP contribution in [0, 0.1) is 10.1 Å². The Kier molecular flexibility index (Phi) is 7.27. The van der Waals surface area contributed by atoms with E-state index in [1.165, 1.54) is 0 Å². The molecule has 0 spiro atoms. The zero-order valence-electron chi connectivity index (χ0n) is 18.6. The summed E-state index contributed by atoms with van der Waals surface area (Å²) in [5.74, 6) is 0.949. The van der Waals surface area contributed by atoms with Crippen LogP contribution in [0.3, 0.4) is 0 Å². The molecule has 11 heteroatoms. The fraction of sp³-hybridized carbons (Fsp3) is 0.524. The summed E-state index contributed by atoms with van der Waals surface area (Å²) in [6.07, 6.45) is 0.937. The molecule has 1 aromatic carbocycles. The summed E-state index contributed by atoms with van der Waals surface area (Å²) in [7, 11) is 1.60. The Balaban J connectivity index is 1.68. The van der Waals surface area contributed by atoms with Gasteiger partial charge in [-0.2, -0.15) is 0 Å². The van der Waals surface area contributed by atoms with Crippen molar-refractivity contribution in [2.45, 2.75) is 51.8 Å². The Morgan fingerprint density at radius 2 is 1.91 bits per heavy atom. The smallest absolute Gasteiger partial charge is 0.410 e. The molecule has 1 amide bonds. The maximum Gasteiger partial charge on any atom is 0.410 e. The monoisotopic (exact) mass is 509 g/mol. The summed E-state index contributed by atoms with van der Waals surface area (Å²) in [5.41, 5.74) is 0.282. The normalized spacial score (nSPS) is 14.8. The second kappa shape index (κ2) is 9.76. The molecule has 174 valence electrons. The number of aromatic nitrogens is 2. The number of hydrogen-bond donors (Lipinski definition) is 1. The molecule has 1 aliphatic heterocycles. The van der Waals surface area contributed by atoms with E-state index in [2.05, 4.69) is 26.3 Å². The number of piperidine rings is 1. The number of carbonyl (C=O) groups excluding carboxylic acids is 1. The summed E-state index contributed by atoms with van der Waals surface area (Å²) in [5, 5.41) is 19.4. The van der Waals surface area contributed by atoms with E-state index in [4.69, 9.17) is 9.47 Å². The third kappa shape index (κ3) is 5.90. The standard InChI is InChI=1S/C21H28BrN5O5/c1-21(2,3)32-20(28)25-11-9-15(10-12-25)23-19-17(27(29)30)18(22)26(24-19)13-14-5-7-16(31-4)8-6-14/h5-8,15H,9-13H2,1-4H3,(H,23,24). The third-order valence-electron chi connectivity index (χ3n) is 5.03. The van der Waals surface area contributed by atoms with E-state index >= 15 is 0 Å². The Morgan fingerprint density at radius 1 is 1.28 bits per heavy atom. The maximum absolute atomic E-state index is 12.2. The molecule has 0 aliphatic carbocycles. The number of nitrogens with one attached hydrogen (secondary N) is 1. The SMILES string of the molecule is COc1ccc(Cn2nc(NC3CCN(C(=O)OC(C)(C)C)CC3)c([N+](=O)[O-])c2Br)cc1. The molecular formula is C21H28BrN5O5. The van der Waals surface area contributed by atoms with Gasteiger partial charge in [-0.1, -0.05) is 12.1 Å². The van der Waals surface area contributed by atoms with E-state index in [1.807, 2.05) is 45.0 Å². The van der Waals surface area contributed by atoms with E-state index in [9.17, 15) is 14.9 Å². The van der Waals surface area contributed by atoms with Gasteiger partial charge in [0.1, 0.15) is 11.4 Å². The van der Waals surface area contributed by atoms with Crippen LogP contribution in [-0.2, 0) is 11.3 Å². The number of methoxy groups -OCH3 is 1. The molecule has 0 atom stereocenters. The average Bonchev–Trinajstić information content (AvgIpc) is 3.02. The van der Waals surface area contributed by atoms with Gasteiger partial charge in [0.05, 0.1) is 18.6 Å². The van der Waals surface area contributed by atoms with Crippen LogP contribution in [0.25, 0.3) is 0 Å². The van der Waals surface area contributed by atoms with Gasteiger partial charge in [0.25, 0.3) is 0 Å². The number of carbonyl (C=O) groups is 1. The lowest BCUT2D eigenvalue weighted by atomic mass is 10.1. The first-order valence-electron chi connectivity index (χ1n) is 10.4. The van der Waals surface area contributed by atoms with Crippen molar-refractivity contribution < 1.29 is 19.2 Å². The first-order valence-corrected chi connectivity index (χ1v) is 11.1. The van der Waals surface area contributed by atoms with Gasteiger partial charge < -0.3 is 19.7 Å². The number of amides is 1. The van der Waals surface area contributed by atoms with Crippen LogP contribution in [0.4, 0.5) is 16.3 Å². The Labute approximate surface area is 195 Å². The molecule has 1 aromatic heterocycles. The summed E-state index contributed by atoms with van der Waals surface area (Å²) in [6, 6.07) is 7.40. The van der Waals surface area contributed by atoms with Crippen molar-refractivity contribution in [1.82, 2.24) is 14.7 Å². The minimum Gasteiger partial charge on any atom is -0.497 e. The molecule has 1 fully saturated rings. The van der Waals surface area contributed by atoms with Crippen molar-refractivity contribution in [3.05, 3.63) is 44.5 Å². The minimum absolute atomic E-state index is 0.0383. The van der Waals surface area contributed by atoms with E-state index < -0.39 is 10.5 Å². The molecule has 0 saturated carbocycles. The highest BCUT2D eigenvalue weighted by Crippen LogP contribution is 2.34. The third-order valence-corrected chi connectivity index (χ3v) is 5.81. The summed E-state index contributed by atoms with van der Waals surface area (Å²) in [6.45, 7) is 6.88. The Bertz CT molecular complexity index is 962. The van der Waals surface area contributed by atoms with E-state index in [1.54, 1.807) is 16.7 Å². The second-order valence-corrected chi connectivity index (χ2v) is 9.39. The lowest BCUT2D eigenvalue weighted by molar-refractivity contribution is -0.384. The van der Waals surface area contributed by atoms with Gasteiger partial charge in [0.15, 0.2) is 4.60 Å². The van der Waals surface area contributed by atoms with Crippen molar-refractivity contribution in [1.29, 1.82) is 0 Å². The lowest BCUT2D eigenvalue weighted by Gasteiger charge is -2.33. The number of nitro groups is 1. The first kappa shape index (κ1) is 23.8. The fourth-order valence-corrected chi connectivity index (χ4v) is 3.96. The van der Waals surface area contributed by atoms with E-state index in [0.717, 1.165) is 11.3 Å². The first-order chi connectivity index (χ1) is 15.1. The Hall–Kier alpha value is -2.82. The number of ether oxygens (including phenoxy) is 2. The van der Waals surface area contributed by atoms with Crippen molar-refractivity contribution in [3.63, 3.8) is 0 Å². The number of rotatable bonds is 6. The largest absolute Gasteiger partial charge is 0.497 e. The molecular weight excluding hydrogens is 482 g/mol. The molecule has 2 heterocycles. The summed E-state index contributed by atoms with van der Waals surface area (Å²) in [4.78, 5) is 25.2. The molecule has 1 aliphatic rings. The molecule has 2 aromatic rings.